The maximum atomic E-state index is 12.3. The Labute approximate surface area is 163 Å². The average molecular weight is 381 g/mol. The second-order valence-corrected chi connectivity index (χ2v) is 9.34. The van der Waals surface area contributed by atoms with Crippen LogP contribution in [0, 0.1) is 11.3 Å². The minimum Gasteiger partial charge on any atom is -0.444 e. The number of aliphatic imine (C=N–C) groups is 1. The zero-order valence-electron chi connectivity index (χ0n) is 17.4. The molecule has 2 atom stereocenters. The molecule has 3 aliphatic rings. The van der Waals surface area contributed by atoms with Gasteiger partial charge in [0.2, 0.25) is 0 Å². The highest BCUT2D eigenvalue weighted by molar-refractivity contribution is 5.80. The highest BCUT2D eigenvalue weighted by atomic mass is 16.6. The Kier molecular flexibility index (Phi) is 6.18. The molecule has 3 fully saturated rings. The summed E-state index contributed by atoms with van der Waals surface area (Å²) in [6.45, 7) is 12.0. The molecule has 1 N–H and O–H groups in total. The molecule has 0 bridgehead atoms. The average Bonchev–Trinajstić information content (AvgIpc) is 3.25. The van der Waals surface area contributed by atoms with Crippen molar-refractivity contribution in [2.45, 2.75) is 52.1 Å². The predicted octanol–water partition coefficient (Wildman–Crippen LogP) is 2.32. The van der Waals surface area contributed by atoms with Crippen LogP contribution in [0.5, 0.6) is 0 Å². The lowest BCUT2D eigenvalue weighted by Gasteiger charge is -2.35. The Bertz CT molecular complexity index is 552. The van der Waals surface area contributed by atoms with E-state index in [1.807, 2.05) is 32.7 Å². The summed E-state index contributed by atoms with van der Waals surface area (Å²) in [5.74, 6) is 1.41. The molecule has 0 aromatic carbocycles. The number of ether oxygens (including phenoxy) is 2. The minimum absolute atomic E-state index is 0.195. The van der Waals surface area contributed by atoms with Gasteiger partial charge in [0.05, 0.1) is 6.61 Å². The number of carbonyl (C=O) groups is 1. The van der Waals surface area contributed by atoms with E-state index in [9.17, 15) is 4.79 Å². The van der Waals surface area contributed by atoms with Gasteiger partial charge in [0.25, 0.3) is 0 Å². The first kappa shape index (κ1) is 20.2. The van der Waals surface area contributed by atoms with Crippen LogP contribution in [0.3, 0.4) is 0 Å². The fourth-order valence-corrected chi connectivity index (χ4v) is 4.38. The molecule has 0 aliphatic carbocycles. The van der Waals surface area contributed by atoms with E-state index in [1.54, 1.807) is 0 Å². The normalized spacial score (nSPS) is 29.5. The second-order valence-electron chi connectivity index (χ2n) is 9.34. The van der Waals surface area contributed by atoms with Crippen LogP contribution in [-0.2, 0) is 9.47 Å². The predicted molar refractivity (Wildman–Crippen MR) is 106 cm³/mol. The SMILES string of the molecule is CN=C(NCC1CCCN(C(=O)OC(C)(C)C)C1)N1CCC2(CCOC2)C1. The smallest absolute Gasteiger partial charge is 0.410 e. The molecule has 3 rings (SSSR count). The van der Waals surface area contributed by atoms with Crippen molar-refractivity contribution < 1.29 is 14.3 Å². The van der Waals surface area contributed by atoms with Crippen molar-refractivity contribution in [3.8, 4) is 0 Å². The van der Waals surface area contributed by atoms with E-state index in [2.05, 4.69) is 15.2 Å². The Morgan fingerprint density at radius 1 is 1.30 bits per heavy atom. The third-order valence-corrected chi connectivity index (χ3v) is 5.85. The summed E-state index contributed by atoms with van der Waals surface area (Å²) in [5.41, 5.74) is -0.115. The van der Waals surface area contributed by atoms with Gasteiger partial charge >= 0.3 is 6.09 Å². The summed E-state index contributed by atoms with van der Waals surface area (Å²) >= 11 is 0. The van der Waals surface area contributed by atoms with Gasteiger partial charge in [-0.1, -0.05) is 0 Å². The molecule has 3 aliphatic heterocycles. The molecular weight excluding hydrogens is 344 g/mol. The molecule has 0 saturated carbocycles. The largest absolute Gasteiger partial charge is 0.444 e. The Hall–Kier alpha value is -1.50. The van der Waals surface area contributed by atoms with Gasteiger partial charge in [-0.15, -0.1) is 0 Å². The topological polar surface area (TPSA) is 66.4 Å². The van der Waals surface area contributed by atoms with Crippen LogP contribution in [0.15, 0.2) is 4.99 Å². The molecule has 1 amide bonds. The van der Waals surface area contributed by atoms with E-state index in [-0.39, 0.29) is 6.09 Å². The van der Waals surface area contributed by atoms with E-state index >= 15 is 0 Å². The number of rotatable bonds is 2. The van der Waals surface area contributed by atoms with Crippen molar-refractivity contribution in [2.75, 3.05) is 53.0 Å². The summed E-state index contributed by atoms with van der Waals surface area (Å²) in [6.07, 6.45) is 4.30. The Balaban J connectivity index is 1.47. The van der Waals surface area contributed by atoms with Crippen LogP contribution >= 0.6 is 0 Å². The molecular formula is C20H36N4O3. The van der Waals surface area contributed by atoms with Gasteiger partial charge < -0.3 is 24.6 Å². The van der Waals surface area contributed by atoms with E-state index in [1.165, 1.54) is 6.42 Å². The van der Waals surface area contributed by atoms with Crippen LogP contribution in [0.2, 0.25) is 0 Å². The van der Waals surface area contributed by atoms with Gasteiger partial charge in [-0.25, -0.2) is 4.79 Å². The monoisotopic (exact) mass is 380 g/mol. The Morgan fingerprint density at radius 3 is 2.78 bits per heavy atom. The van der Waals surface area contributed by atoms with Gasteiger partial charge in [-0.3, -0.25) is 4.99 Å². The van der Waals surface area contributed by atoms with Crippen LogP contribution in [0.4, 0.5) is 4.79 Å². The van der Waals surface area contributed by atoms with Crippen molar-refractivity contribution in [1.29, 1.82) is 0 Å². The standard InChI is InChI=1S/C20H36N4O3/c1-19(2,3)27-18(25)23-9-5-6-16(13-23)12-22-17(21-4)24-10-7-20(14-24)8-11-26-15-20/h16H,5-15H2,1-4H3,(H,21,22). The number of likely N-dealkylation sites (tertiary alicyclic amines) is 2. The number of amides is 1. The molecule has 7 nitrogen and oxygen atoms in total. The lowest BCUT2D eigenvalue weighted by Crippen LogP contribution is -2.48. The van der Waals surface area contributed by atoms with Gasteiger partial charge in [0, 0.05) is 51.8 Å². The molecule has 27 heavy (non-hydrogen) atoms. The molecule has 7 heteroatoms. The molecule has 154 valence electrons. The first-order chi connectivity index (χ1) is 12.8. The number of guanidine groups is 1. The van der Waals surface area contributed by atoms with Crippen molar-refractivity contribution in [3.63, 3.8) is 0 Å². The van der Waals surface area contributed by atoms with E-state index in [4.69, 9.17) is 9.47 Å². The van der Waals surface area contributed by atoms with Crippen molar-refractivity contribution in [1.82, 2.24) is 15.1 Å². The van der Waals surface area contributed by atoms with Crippen molar-refractivity contribution in [3.05, 3.63) is 0 Å². The quantitative estimate of drug-likeness (QED) is 0.588. The zero-order chi connectivity index (χ0) is 19.5. The van der Waals surface area contributed by atoms with Gasteiger partial charge in [0.1, 0.15) is 5.60 Å². The first-order valence-corrected chi connectivity index (χ1v) is 10.3. The summed E-state index contributed by atoms with van der Waals surface area (Å²) in [5, 5.41) is 3.55. The number of hydrogen-bond acceptors (Lipinski definition) is 4. The number of carbonyl (C=O) groups excluding carboxylic acids is 1. The molecule has 0 radical (unpaired) electrons. The molecule has 0 aromatic heterocycles. The van der Waals surface area contributed by atoms with E-state index in [0.717, 1.165) is 71.2 Å². The minimum atomic E-state index is -0.444. The van der Waals surface area contributed by atoms with Crippen LogP contribution in [0.25, 0.3) is 0 Å². The first-order valence-electron chi connectivity index (χ1n) is 10.3. The van der Waals surface area contributed by atoms with E-state index in [0.29, 0.717) is 11.3 Å². The fraction of sp³-hybridized carbons (Fsp3) is 0.900. The molecule has 2 unspecified atom stereocenters. The molecule has 3 saturated heterocycles. The number of nitrogens with one attached hydrogen (secondary N) is 1. The second kappa shape index (κ2) is 8.25. The van der Waals surface area contributed by atoms with Crippen LogP contribution < -0.4 is 5.32 Å². The highest BCUT2D eigenvalue weighted by Crippen LogP contribution is 2.38. The van der Waals surface area contributed by atoms with Crippen molar-refractivity contribution >= 4 is 12.1 Å². The van der Waals surface area contributed by atoms with Gasteiger partial charge in [-0.2, -0.15) is 0 Å². The Morgan fingerprint density at radius 2 is 2.11 bits per heavy atom. The van der Waals surface area contributed by atoms with Gasteiger partial charge in [0.15, 0.2) is 5.96 Å². The fourth-order valence-electron chi connectivity index (χ4n) is 4.38. The number of hydrogen-bond donors (Lipinski definition) is 1. The molecule has 0 aromatic rings. The zero-order valence-corrected chi connectivity index (χ0v) is 17.4. The third kappa shape index (κ3) is 5.27. The summed E-state index contributed by atoms with van der Waals surface area (Å²) in [4.78, 5) is 21.1. The van der Waals surface area contributed by atoms with Crippen molar-refractivity contribution in [2.24, 2.45) is 16.3 Å². The highest BCUT2D eigenvalue weighted by Gasteiger charge is 2.42. The maximum absolute atomic E-state index is 12.3. The van der Waals surface area contributed by atoms with Crippen LogP contribution in [-0.4, -0.2) is 80.4 Å². The van der Waals surface area contributed by atoms with Gasteiger partial charge in [-0.05, 0) is 52.4 Å². The van der Waals surface area contributed by atoms with Crippen LogP contribution in [0.1, 0.15) is 46.5 Å². The summed E-state index contributed by atoms with van der Waals surface area (Å²) in [6, 6.07) is 0. The lowest BCUT2D eigenvalue weighted by atomic mass is 9.87. The summed E-state index contributed by atoms with van der Waals surface area (Å²) < 4.78 is 11.2. The molecule has 3 heterocycles. The molecule has 1 spiro atoms. The summed E-state index contributed by atoms with van der Waals surface area (Å²) in [7, 11) is 1.85. The maximum Gasteiger partial charge on any atom is 0.410 e. The number of piperidine rings is 1. The third-order valence-electron chi connectivity index (χ3n) is 5.85. The number of nitrogens with zero attached hydrogens (tertiary/aromatic N) is 3. The van der Waals surface area contributed by atoms with E-state index < -0.39 is 5.60 Å². The lowest BCUT2D eigenvalue weighted by molar-refractivity contribution is 0.0168.